The summed E-state index contributed by atoms with van der Waals surface area (Å²) in [5.41, 5.74) is -1.48. The van der Waals surface area contributed by atoms with E-state index < -0.39 is 35.2 Å². The second-order valence-electron chi connectivity index (χ2n) is 7.67. The van der Waals surface area contributed by atoms with Crippen LogP contribution in [-0.2, 0) is 12.6 Å². The van der Waals surface area contributed by atoms with E-state index in [1.54, 1.807) is 13.8 Å². The lowest BCUT2D eigenvalue weighted by Gasteiger charge is -2.38. The third-order valence-electron chi connectivity index (χ3n) is 5.51. The zero-order valence-corrected chi connectivity index (χ0v) is 15.7. The summed E-state index contributed by atoms with van der Waals surface area (Å²) in [5, 5.41) is 10.00. The highest BCUT2D eigenvalue weighted by atomic mass is 19.4. The minimum Gasteiger partial charge on any atom is -0.507 e. The molecule has 0 saturated carbocycles. The fraction of sp³-hybridized carbons (Fsp3) is 0.684. The van der Waals surface area contributed by atoms with Crippen molar-refractivity contribution in [1.82, 2.24) is 0 Å². The van der Waals surface area contributed by atoms with Crippen molar-refractivity contribution in [2.75, 3.05) is 0 Å². The Balaban J connectivity index is 2.26. The normalized spacial score (nSPS) is 21.6. The van der Waals surface area contributed by atoms with Gasteiger partial charge in [-0.3, -0.25) is 0 Å². The van der Waals surface area contributed by atoms with Crippen LogP contribution >= 0.6 is 0 Å². The molecule has 2 nitrogen and oxygen atoms in total. The summed E-state index contributed by atoms with van der Waals surface area (Å²) in [6.45, 7) is 5.79. The van der Waals surface area contributed by atoms with Crippen LogP contribution in [0.15, 0.2) is 0 Å². The minimum atomic E-state index is -4.72. The van der Waals surface area contributed by atoms with E-state index in [4.69, 9.17) is 4.74 Å². The Kier molecular flexibility index (Phi) is 5.70. The lowest BCUT2D eigenvalue weighted by atomic mass is 9.83. The summed E-state index contributed by atoms with van der Waals surface area (Å²) < 4.78 is 84.1. The molecule has 1 N–H and O–H groups in total. The smallest absolute Gasteiger partial charge is 0.420 e. The predicted octanol–water partition coefficient (Wildman–Crippen LogP) is 6.48. The first-order valence-electron chi connectivity index (χ1n) is 8.85. The molecular weight excluding hydrogens is 374 g/mol. The molecule has 0 spiro atoms. The highest BCUT2D eigenvalue weighted by Crippen LogP contribution is 2.50. The number of ether oxygens (including phenoxy) is 1. The summed E-state index contributed by atoms with van der Waals surface area (Å²) in [7, 11) is 0. The van der Waals surface area contributed by atoms with Crippen molar-refractivity contribution < 1.29 is 36.2 Å². The lowest BCUT2D eigenvalue weighted by molar-refractivity contribution is -0.171. The summed E-state index contributed by atoms with van der Waals surface area (Å²) in [6.07, 6.45) is -8.17. The third kappa shape index (κ3) is 4.46. The van der Waals surface area contributed by atoms with E-state index in [-0.39, 0.29) is 42.6 Å². The van der Waals surface area contributed by atoms with Crippen LogP contribution in [0.5, 0.6) is 11.5 Å². The van der Waals surface area contributed by atoms with Crippen LogP contribution in [0.2, 0.25) is 0 Å². The second kappa shape index (κ2) is 7.09. The zero-order chi connectivity index (χ0) is 20.8. The first-order chi connectivity index (χ1) is 12.2. The van der Waals surface area contributed by atoms with Gasteiger partial charge in [-0.1, -0.05) is 6.92 Å². The maximum absolute atomic E-state index is 13.4. The van der Waals surface area contributed by atoms with Gasteiger partial charge in [0.1, 0.15) is 22.7 Å². The van der Waals surface area contributed by atoms with E-state index in [0.29, 0.717) is 12.0 Å². The standard InChI is InChI=1S/C19H24F6O2/c1-10(18(20,21)22)6-5-8-17(4)9-7-13-14(19(23,24)25)15(26)11(2)12(3)16(13)27-17/h10,26H,5-9H2,1-4H3. The first-order valence-corrected chi connectivity index (χ1v) is 8.85. The van der Waals surface area contributed by atoms with Crippen molar-refractivity contribution >= 4 is 0 Å². The molecule has 27 heavy (non-hydrogen) atoms. The molecule has 1 aromatic rings. The van der Waals surface area contributed by atoms with Gasteiger partial charge in [-0.2, -0.15) is 26.3 Å². The van der Waals surface area contributed by atoms with Gasteiger partial charge in [0, 0.05) is 5.56 Å². The van der Waals surface area contributed by atoms with Crippen LogP contribution in [0.4, 0.5) is 26.3 Å². The number of phenolic OH excluding ortho intramolecular Hbond substituents is 1. The molecule has 2 unspecified atom stereocenters. The monoisotopic (exact) mass is 398 g/mol. The van der Waals surface area contributed by atoms with Gasteiger partial charge < -0.3 is 9.84 Å². The number of halogens is 6. The highest BCUT2D eigenvalue weighted by Gasteiger charge is 2.43. The summed E-state index contributed by atoms with van der Waals surface area (Å²) in [6, 6.07) is 0. The summed E-state index contributed by atoms with van der Waals surface area (Å²) >= 11 is 0. The van der Waals surface area contributed by atoms with Crippen molar-refractivity contribution in [2.24, 2.45) is 5.92 Å². The molecule has 0 radical (unpaired) electrons. The third-order valence-corrected chi connectivity index (χ3v) is 5.51. The average molecular weight is 398 g/mol. The number of hydrogen-bond acceptors (Lipinski definition) is 2. The molecule has 2 atom stereocenters. The van der Waals surface area contributed by atoms with Crippen LogP contribution in [0.1, 0.15) is 61.8 Å². The molecule has 0 saturated heterocycles. The molecule has 1 aliphatic heterocycles. The van der Waals surface area contributed by atoms with Crippen LogP contribution in [0.25, 0.3) is 0 Å². The molecule has 1 aliphatic rings. The molecule has 2 rings (SSSR count). The molecule has 0 bridgehead atoms. The molecule has 1 aromatic carbocycles. The van der Waals surface area contributed by atoms with Crippen LogP contribution < -0.4 is 4.74 Å². The average Bonchev–Trinajstić information content (AvgIpc) is 2.51. The Morgan fingerprint density at radius 1 is 1.11 bits per heavy atom. The van der Waals surface area contributed by atoms with Crippen molar-refractivity contribution in [2.45, 2.75) is 77.8 Å². The molecular formula is C19H24F6O2. The zero-order valence-electron chi connectivity index (χ0n) is 15.7. The van der Waals surface area contributed by atoms with Gasteiger partial charge in [0.25, 0.3) is 0 Å². The fourth-order valence-electron chi connectivity index (χ4n) is 3.51. The van der Waals surface area contributed by atoms with Crippen LogP contribution in [0.3, 0.4) is 0 Å². The van der Waals surface area contributed by atoms with Crippen molar-refractivity contribution in [3.8, 4) is 11.5 Å². The summed E-state index contributed by atoms with van der Waals surface area (Å²) in [5.74, 6) is -2.13. The highest BCUT2D eigenvalue weighted by molar-refractivity contribution is 5.59. The number of aromatic hydroxyl groups is 1. The topological polar surface area (TPSA) is 29.5 Å². The van der Waals surface area contributed by atoms with Gasteiger partial charge in [0.15, 0.2) is 0 Å². The van der Waals surface area contributed by atoms with Gasteiger partial charge in [-0.25, -0.2) is 0 Å². The second-order valence-corrected chi connectivity index (χ2v) is 7.67. The number of phenols is 1. The van der Waals surface area contributed by atoms with E-state index >= 15 is 0 Å². The number of alkyl halides is 6. The summed E-state index contributed by atoms with van der Waals surface area (Å²) in [4.78, 5) is 0. The molecule has 0 aromatic heterocycles. The van der Waals surface area contributed by atoms with Crippen molar-refractivity contribution in [1.29, 1.82) is 0 Å². The SMILES string of the molecule is Cc1c(C)c2c(c(C(F)(F)F)c1O)CCC(C)(CCCC(C)C(F)(F)F)O2. The van der Waals surface area contributed by atoms with E-state index in [2.05, 4.69) is 0 Å². The maximum Gasteiger partial charge on any atom is 0.420 e. The molecule has 0 aliphatic carbocycles. The lowest BCUT2D eigenvalue weighted by Crippen LogP contribution is -2.38. The Bertz CT molecular complexity index is 708. The van der Waals surface area contributed by atoms with E-state index in [0.717, 1.165) is 6.92 Å². The fourth-order valence-corrected chi connectivity index (χ4v) is 3.51. The molecule has 0 fully saturated rings. The van der Waals surface area contributed by atoms with Crippen molar-refractivity contribution in [3.63, 3.8) is 0 Å². The Labute approximate surface area is 154 Å². The maximum atomic E-state index is 13.4. The molecule has 0 amide bonds. The van der Waals surface area contributed by atoms with Gasteiger partial charge in [-0.05, 0) is 64.0 Å². The van der Waals surface area contributed by atoms with E-state index in [1.807, 2.05) is 0 Å². The molecule has 154 valence electrons. The first kappa shape index (κ1) is 21.7. The quantitative estimate of drug-likeness (QED) is 0.588. The van der Waals surface area contributed by atoms with Gasteiger partial charge >= 0.3 is 12.4 Å². The van der Waals surface area contributed by atoms with Crippen molar-refractivity contribution in [3.05, 3.63) is 22.3 Å². The Morgan fingerprint density at radius 2 is 1.70 bits per heavy atom. The predicted molar refractivity (Wildman–Crippen MR) is 89.0 cm³/mol. The van der Waals surface area contributed by atoms with E-state index in [1.165, 1.54) is 6.92 Å². The largest absolute Gasteiger partial charge is 0.507 e. The van der Waals surface area contributed by atoms with Gasteiger partial charge in [0.05, 0.1) is 5.92 Å². The number of fused-ring (bicyclic) bond motifs is 1. The van der Waals surface area contributed by atoms with E-state index in [9.17, 15) is 31.4 Å². The Morgan fingerprint density at radius 3 is 2.22 bits per heavy atom. The van der Waals surface area contributed by atoms with Crippen LogP contribution in [0, 0.1) is 19.8 Å². The molecule has 1 heterocycles. The van der Waals surface area contributed by atoms with Gasteiger partial charge in [0.2, 0.25) is 0 Å². The molecule has 8 heteroatoms. The minimum absolute atomic E-state index is 0.0458. The Hall–Kier alpha value is -1.60. The van der Waals surface area contributed by atoms with Crippen LogP contribution in [-0.4, -0.2) is 16.9 Å². The number of rotatable bonds is 4. The number of benzene rings is 1. The van der Waals surface area contributed by atoms with Gasteiger partial charge in [-0.15, -0.1) is 0 Å². The number of hydrogen-bond donors (Lipinski definition) is 1.